The van der Waals surface area contributed by atoms with Crippen molar-refractivity contribution >= 4 is 34.2 Å². The molecule has 1 nitrogen and oxygen atoms in total. The number of hydrogen-bond acceptors (Lipinski definition) is 1. The largest absolute Gasteiger partial charge is 0.306 e. The highest BCUT2D eigenvalue weighted by molar-refractivity contribution is 14.1. The van der Waals surface area contributed by atoms with Crippen molar-refractivity contribution in [1.82, 2.24) is 5.32 Å². The van der Waals surface area contributed by atoms with Crippen LogP contribution in [0.4, 0.5) is 0 Å². The van der Waals surface area contributed by atoms with Crippen LogP contribution in [-0.4, -0.2) is 6.54 Å². The maximum Gasteiger partial charge on any atom is 0.0577 e. The van der Waals surface area contributed by atoms with E-state index in [-0.39, 0.29) is 6.04 Å². The summed E-state index contributed by atoms with van der Waals surface area (Å²) in [5, 5.41) is 4.45. The lowest BCUT2D eigenvalue weighted by Gasteiger charge is -2.20. The molecule has 0 fully saturated rings. The predicted molar refractivity (Wildman–Crippen MR) is 100 cm³/mol. The topological polar surface area (TPSA) is 12.0 Å². The van der Waals surface area contributed by atoms with Gasteiger partial charge in [0.25, 0.3) is 0 Å². The minimum absolute atomic E-state index is 0.199. The predicted octanol–water partition coefficient (Wildman–Crippen LogP) is 5.60. The molecule has 0 aliphatic carbocycles. The van der Waals surface area contributed by atoms with E-state index in [9.17, 15) is 0 Å². The van der Waals surface area contributed by atoms with Gasteiger partial charge in [0.05, 0.1) is 11.1 Å². The number of benzene rings is 2. The van der Waals surface area contributed by atoms with E-state index in [0.29, 0.717) is 0 Å². The Morgan fingerprint density at radius 1 is 1.05 bits per heavy atom. The summed E-state index contributed by atoms with van der Waals surface area (Å²) in [6.45, 7) is 5.36. The van der Waals surface area contributed by atoms with Gasteiger partial charge < -0.3 is 5.32 Å². The van der Waals surface area contributed by atoms with Crippen molar-refractivity contribution in [2.24, 2.45) is 0 Å². The van der Waals surface area contributed by atoms with Crippen molar-refractivity contribution in [3.05, 3.63) is 67.7 Å². The first-order valence-corrected chi connectivity index (χ1v) is 8.88. The zero-order valence-electron chi connectivity index (χ0n) is 12.5. The molecule has 2 aromatic carbocycles. The fourth-order valence-electron chi connectivity index (χ4n) is 2.35. The Morgan fingerprint density at radius 2 is 1.71 bits per heavy atom. The zero-order chi connectivity index (χ0) is 15.2. The number of halogens is 2. The van der Waals surface area contributed by atoms with E-state index in [4.69, 9.17) is 11.6 Å². The van der Waals surface area contributed by atoms with E-state index in [0.717, 1.165) is 28.0 Å². The molecule has 2 aromatic rings. The van der Waals surface area contributed by atoms with Crippen molar-refractivity contribution in [3.63, 3.8) is 0 Å². The van der Waals surface area contributed by atoms with Gasteiger partial charge in [-0.1, -0.05) is 55.8 Å². The second kappa shape index (κ2) is 8.16. The van der Waals surface area contributed by atoms with Crippen molar-refractivity contribution in [1.29, 1.82) is 0 Å². The summed E-state index contributed by atoms with van der Waals surface area (Å²) in [7, 11) is 0. The first-order chi connectivity index (χ1) is 10.2. The van der Waals surface area contributed by atoms with E-state index in [1.807, 2.05) is 0 Å². The van der Waals surface area contributed by atoms with Gasteiger partial charge in [-0.05, 0) is 70.8 Å². The van der Waals surface area contributed by atoms with Crippen LogP contribution in [0, 0.1) is 3.57 Å². The number of aryl methyl sites for hydroxylation is 1. The van der Waals surface area contributed by atoms with Crippen molar-refractivity contribution in [3.8, 4) is 0 Å². The number of hydrogen-bond donors (Lipinski definition) is 1. The Hall–Kier alpha value is -0.580. The molecule has 0 radical (unpaired) electrons. The van der Waals surface area contributed by atoms with Crippen LogP contribution < -0.4 is 5.32 Å². The minimum atomic E-state index is 0.199. The molecule has 1 N–H and O–H groups in total. The average molecular weight is 414 g/mol. The van der Waals surface area contributed by atoms with E-state index in [1.165, 1.54) is 16.7 Å². The van der Waals surface area contributed by atoms with Gasteiger partial charge in [-0.3, -0.25) is 0 Å². The van der Waals surface area contributed by atoms with Crippen LogP contribution in [0.1, 0.15) is 43.0 Å². The Balaban J connectivity index is 2.33. The molecule has 3 heteroatoms. The van der Waals surface area contributed by atoms with Crippen LogP contribution in [0.2, 0.25) is 5.02 Å². The van der Waals surface area contributed by atoms with Gasteiger partial charge in [-0.15, -0.1) is 0 Å². The van der Waals surface area contributed by atoms with Gasteiger partial charge in [0.2, 0.25) is 0 Å². The molecule has 112 valence electrons. The number of rotatable bonds is 6. The molecule has 0 aromatic heterocycles. The maximum atomic E-state index is 6.29. The lowest BCUT2D eigenvalue weighted by molar-refractivity contribution is 0.598. The molecule has 1 atom stereocenters. The molecule has 2 rings (SSSR count). The van der Waals surface area contributed by atoms with E-state index in [2.05, 4.69) is 84.2 Å². The van der Waals surface area contributed by atoms with Crippen LogP contribution in [0.3, 0.4) is 0 Å². The highest BCUT2D eigenvalue weighted by atomic mass is 127. The summed E-state index contributed by atoms with van der Waals surface area (Å²) < 4.78 is 1.09. The van der Waals surface area contributed by atoms with E-state index >= 15 is 0 Å². The monoisotopic (exact) mass is 413 g/mol. The fraction of sp³-hybridized carbons (Fsp3) is 0.333. The molecule has 0 heterocycles. The van der Waals surface area contributed by atoms with Gasteiger partial charge in [0, 0.05) is 3.57 Å². The maximum absolute atomic E-state index is 6.29. The first kappa shape index (κ1) is 16.8. The highest BCUT2D eigenvalue weighted by Crippen LogP contribution is 2.27. The van der Waals surface area contributed by atoms with Crippen molar-refractivity contribution in [2.75, 3.05) is 6.54 Å². The lowest BCUT2D eigenvalue weighted by atomic mass is 9.97. The fourth-order valence-corrected chi connectivity index (χ4v) is 2.88. The van der Waals surface area contributed by atoms with Crippen molar-refractivity contribution < 1.29 is 0 Å². The SMILES string of the molecule is CCCNC(c1ccc(CC)cc1)c1ccc(I)c(Cl)c1. The molecular formula is C18H21ClIN. The quantitative estimate of drug-likeness (QED) is 0.608. The summed E-state index contributed by atoms with van der Waals surface area (Å²) in [5.41, 5.74) is 3.88. The first-order valence-electron chi connectivity index (χ1n) is 7.42. The molecular weight excluding hydrogens is 393 g/mol. The van der Waals surface area contributed by atoms with Gasteiger partial charge in [-0.2, -0.15) is 0 Å². The Kier molecular flexibility index (Phi) is 6.52. The van der Waals surface area contributed by atoms with Crippen LogP contribution in [0.25, 0.3) is 0 Å². The average Bonchev–Trinajstić information content (AvgIpc) is 2.51. The molecule has 0 spiro atoms. The van der Waals surface area contributed by atoms with Crippen LogP contribution in [-0.2, 0) is 6.42 Å². The summed E-state index contributed by atoms with van der Waals surface area (Å²) in [6.07, 6.45) is 2.18. The third-order valence-corrected chi connectivity index (χ3v) is 5.17. The molecule has 0 aliphatic heterocycles. The van der Waals surface area contributed by atoms with E-state index < -0.39 is 0 Å². The third kappa shape index (κ3) is 4.44. The zero-order valence-corrected chi connectivity index (χ0v) is 15.4. The molecule has 0 saturated carbocycles. The summed E-state index contributed by atoms with van der Waals surface area (Å²) >= 11 is 8.56. The van der Waals surface area contributed by atoms with Gasteiger partial charge in [0.15, 0.2) is 0 Å². The molecule has 0 aliphatic rings. The van der Waals surface area contributed by atoms with Crippen LogP contribution >= 0.6 is 34.2 Å². The van der Waals surface area contributed by atoms with E-state index in [1.54, 1.807) is 0 Å². The van der Waals surface area contributed by atoms with Gasteiger partial charge >= 0.3 is 0 Å². The van der Waals surface area contributed by atoms with Crippen molar-refractivity contribution in [2.45, 2.75) is 32.7 Å². The molecule has 0 saturated heterocycles. The molecule has 0 bridgehead atoms. The van der Waals surface area contributed by atoms with Gasteiger partial charge in [0.1, 0.15) is 0 Å². The highest BCUT2D eigenvalue weighted by Gasteiger charge is 2.14. The Morgan fingerprint density at radius 3 is 2.29 bits per heavy atom. The lowest BCUT2D eigenvalue weighted by Crippen LogP contribution is -2.23. The minimum Gasteiger partial charge on any atom is -0.306 e. The molecule has 1 unspecified atom stereocenters. The smallest absolute Gasteiger partial charge is 0.0577 e. The second-order valence-electron chi connectivity index (χ2n) is 5.16. The summed E-state index contributed by atoms with van der Waals surface area (Å²) in [5.74, 6) is 0. The van der Waals surface area contributed by atoms with Gasteiger partial charge in [-0.25, -0.2) is 0 Å². The molecule has 21 heavy (non-hydrogen) atoms. The summed E-state index contributed by atoms with van der Waals surface area (Å²) in [4.78, 5) is 0. The number of nitrogens with one attached hydrogen (secondary N) is 1. The third-order valence-electron chi connectivity index (χ3n) is 3.60. The Labute approximate surface area is 146 Å². The van der Waals surface area contributed by atoms with Crippen LogP contribution in [0.5, 0.6) is 0 Å². The normalized spacial score (nSPS) is 12.4. The van der Waals surface area contributed by atoms with Crippen LogP contribution in [0.15, 0.2) is 42.5 Å². The summed E-state index contributed by atoms with van der Waals surface area (Å²) in [6, 6.07) is 15.4. The standard InChI is InChI=1S/C18H21ClIN/c1-3-11-21-18(14-7-5-13(4-2)6-8-14)15-9-10-17(20)16(19)12-15/h5-10,12,18,21H,3-4,11H2,1-2H3. The second-order valence-corrected chi connectivity index (χ2v) is 6.73. The Bertz CT molecular complexity index is 580. The molecule has 0 amide bonds.